The molecule has 16 heteroatoms. The summed E-state index contributed by atoms with van der Waals surface area (Å²) >= 11 is 0. The van der Waals surface area contributed by atoms with Gasteiger partial charge < -0.3 is 9.47 Å². The average molecular weight is 899 g/mol. The molecule has 0 aliphatic carbocycles. The standard InChI is InChI=1S/2C24H23N3O4S/c1-32(28,29)31-18-17-30-23-19-27(26-25-23)24(20-11-5-2-6-12-20,21-13-7-3-8-14-21)22-15-9-4-10-16-22;1-32(28,29)31-18-17-30-23-19-25-27(26-23)24(20-11-5-2-6-12-20,21-13-7-3-8-14-21)22-15-9-4-10-16-22/h2*2-16,19H,17-18H2,1H3. The van der Waals surface area contributed by atoms with Crippen LogP contribution >= 0.6 is 0 Å². The van der Waals surface area contributed by atoms with Gasteiger partial charge in [0.2, 0.25) is 0 Å². The number of ether oxygens (including phenoxy) is 2. The van der Waals surface area contributed by atoms with Crippen LogP contribution in [0.2, 0.25) is 0 Å². The average Bonchev–Trinajstić information content (AvgIpc) is 4.00. The van der Waals surface area contributed by atoms with Gasteiger partial charge in [-0.25, -0.2) is 4.68 Å². The summed E-state index contributed by atoms with van der Waals surface area (Å²) in [5.74, 6) is 0.545. The van der Waals surface area contributed by atoms with Gasteiger partial charge in [0.15, 0.2) is 5.54 Å². The van der Waals surface area contributed by atoms with E-state index in [0.29, 0.717) is 0 Å². The third kappa shape index (κ3) is 10.6. The summed E-state index contributed by atoms with van der Waals surface area (Å²) in [6, 6.07) is 60.3. The Kier molecular flexibility index (Phi) is 14.4. The van der Waals surface area contributed by atoms with E-state index in [9.17, 15) is 16.8 Å². The molecule has 0 spiro atoms. The predicted molar refractivity (Wildman–Crippen MR) is 242 cm³/mol. The van der Waals surface area contributed by atoms with Crippen LogP contribution in [0.4, 0.5) is 0 Å². The van der Waals surface area contributed by atoms with E-state index >= 15 is 0 Å². The van der Waals surface area contributed by atoms with Crippen LogP contribution < -0.4 is 9.47 Å². The molecule has 0 atom stereocenters. The topological polar surface area (TPSA) is 167 Å². The van der Waals surface area contributed by atoms with E-state index in [-0.39, 0.29) is 38.2 Å². The van der Waals surface area contributed by atoms with E-state index in [1.165, 1.54) is 6.20 Å². The maximum absolute atomic E-state index is 11.1. The van der Waals surface area contributed by atoms with Crippen LogP contribution in [0, 0.1) is 0 Å². The lowest BCUT2D eigenvalue weighted by Gasteiger charge is -2.35. The van der Waals surface area contributed by atoms with Gasteiger partial charge in [0, 0.05) is 0 Å². The van der Waals surface area contributed by atoms with Crippen molar-refractivity contribution in [1.29, 1.82) is 0 Å². The molecule has 64 heavy (non-hydrogen) atoms. The third-order valence-electron chi connectivity index (χ3n) is 10.00. The van der Waals surface area contributed by atoms with Crippen molar-refractivity contribution in [2.75, 3.05) is 38.9 Å². The van der Waals surface area contributed by atoms with Gasteiger partial charge in [0.1, 0.15) is 38.2 Å². The quantitative estimate of drug-likeness (QED) is 0.0495. The zero-order chi connectivity index (χ0) is 44.9. The highest BCUT2D eigenvalue weighted by Crippen LogP contribution is 2.41. The molecular formula is C48H46N6O8S2. The molecule has 0 fully saturated rings. The number of hydrogen-bond donors (Lipinski definition) is 0. The van der Waals surface area contributed by atoms with E-state index in [1.54, 1.807) is 15.7 Å². The summed E-state index contributed by atoms with van der Waals surface area (Å²) < 4.78 is 67.0. The second-order valence-electron chi connectivity index (χ2n) is 14.3. The molecule has 0 radical (unpaired) electrons. The van der Waals surface area contributed by atoms with Gasteiger partial charge in [0.05, 0.1) is 18.7 Å². The van der Waals surface area contributed by atoms with Crippen LogP contribution in [-0.2, 0) is 39.7 Å². The molecule has 0 bridgehead atoms. The van der Waals surface area contributed by atoms with Crippen LogP contribution in [0.3, 0.4) is 0 Å². The summed E-state index contributed by atoms with van der Waals surface area (Å²) in [6.45, 7) is -0.151. The van der Waals surface area contributed by atoms with Crippen LogP contribution in [0.15, 0.2) is 194 Å². The maximum atomic E-state index is 11.1. The highest BCUT2D eigenvalue weighted by Gasteiger charge is 2.41. The second kappa shape index (κ2) is 20.5. The number of hydrogen-bond acceptors (Lipinski definition) is 12. The first-order chi connectivity index (χ1) is 31.0. The third-order valence-corrected chi connectivity index (χ3v) is 11.2. The molecule has 6 aromatic carbocycles. The predicted octanol–water partition coefficient (Wildman–Crippen LogP) is 6.95. The first-order valence-electron chi connectivity index (χ1n) is 20.1. The van der Waals surface area contributed by atoms with E-state index < -0.39 is 31.3 Å². The molecule has 2 aromatic heterocycles. The van der Waals surface area contributed by atoms with Crippen LogP contribution in [-0.4, -0.2) is 85.8 Å². The molecule has 0 saturated carbocycles. The smallest absolute Gasteiger partial charge is 0.264 e. The molecule has 8 rings (SSSR count). The summed E-state index contributed by atoms with van der Waals surface area (Å²) in [4.78, 5) is 1.64. The van der Waals surface area contributed by atoms with Crippen molar-refractivity contribution in [1.82, 2.24) is 30.0 Å². The Hall–Kier alpha value is -6.98. The zero-order valence-corrected chi connectivity index (χ0v) is 36.7. The van der Waals surface area contributed by atoms with Crippen LogP contribution in [0.5, 0.6) is 11.8 Å². The molecule has 0 aliphatic heterocycles. The highest BCUT2D eigenvalue weighted by atomic mass is 32.2. The number of nitrogens with zero attached hydrogens (tertiary/aromatic N) is 6. The lowest BCUT2D eigenvalue weighted by atomic mass is 9.77. The molecule has 2 heterocycles. The molecule has 0 saturated heterocycles. The molecular weight excluding hydrogens is 853 g/mol. The van der Waals surface area contributed by atoms with E-state index in [2.05, 4.69) is 56.9 Å². The molecule has 0 unspecified atom stereocenters. The Morgan fingerprint density at radius 2 is 0.781 bits per heavy atom. The second-order valence-corrected chi connectivity index (χ2v) is 17.6. The zero-order valence-electron chi connectivity index (χ0n) is 35.1. The molecule has 0 aliphatic rings. The Morgan fingerprint density at radius 3 is 1.12 bits per heavy atom. The molecule has 0 N–H and O–H groups in total. The van der Waals surface area contributed by atoms with Crippen molar-refractivity contribution in [2.24, 2.45) is 0 Å². The van der Waals surface area contributed by atoms with Crippen LogP contribution in [0.25, 0.3) is 0 Å². The lowest BCUT2D eigenvalue weighted by molar-refractivity contribution is 0.214. The van der Waals surface area contributed by atoms with Gasteiger partial charge in [-0.1, -0.05) is 192 Å². The monoisotopic (exact) mass is 898 g/mol. The van der Waals surface area contributed by atoms with E-state index in [4.69, 9.17) is 17.8 Å². The summed E-state index contributed by atoms with van der Waals surface area (Å²) in [5.41, 5.74) is 4.36. The summed E-state index contributed by atoms with van der Waals surface area (Å²) in [5, 5.41) is 17.8. The van der Waals surface area contributed by atoms with Crippen molar-refractivity contribution >= 4 is 20.2 Å². The van der Waals surface area contributed by atoms with Crippen molar-refractivity contribution < 1.29 is 34.7 Å². The first-order valence-corrected chi connectivity index (χ1v) is 23.8. The number of benzene rings is 6. The number of aromatic nitrogens is 6. The Morgan fingerprint density at radius 1 is 0.453 bits per heavy atom. The first kappa shape index (κ1) is 45.1. The maximum Gasteiger partial charge on any atom is 0.264 e. The van der Waals surface area contributed by atoms with Gasteiger partial charge in [-0.2, -0.15) is 26.7 Å². The minimum atomic E-state index is -3.53. The van der Waals surface area contributed by atoms with Crippen molar-refractivity contribution in [2.45, 2.75) is 11.1 Å². The van der Waals surface area contributed by atoms with Gasteiger partial charge in [-0.3, -0.25) is 8.37 Å². The largest absolute Gasteiger partial charge is 0.473 e. The molecule has 8 aromatic rings. The highest BCUT2D eigenvalue weighted by molar-refractivity contribution is 7.86. The van der Waals surface area contributed by atoms with E-state index in [1.807, 2.05) is 146 Å². The van der Waals surface area contributed by atoms with Crippen molar-refractivity contribution in [3.63, 3.8) is 0 Å². The van der Waals surface area contributed by atoms with Gasteiger partial charge in [-0.05, 0) is 33.4 Å². The van der Waals surface area contributed by atoms with Gasteiger partial charge in [0.25, 0.3) is 32.0 Å². The van der Waals surface area contributed by atoms with Crippen molar-refractivity contribution in [3.05, 3.63) is 228 Å². The molecule has 0 amide bonds. The molecule has 328 valence electrons. The van der Waals surface area contributed by atoms with Crippen LogP contribution in [0.1, 0.15) is 33.4 Å². The minimum absolute atomic E-state index is 0.0285. The summed E-state index contributed by atoms with van der Waals surface area (Å²) in [7, 11) is -7.05. The Balaban J connectivity index is 0.000000191. The lowest BCUT2D eigenvalue weighted by Crippen LogP contribution is -2.39. The minimum Gasteiger partial charge on any atom is -0.473 e. The van der Waals surface area contributed by atoms with Gasteiger partial charge in [-0.15, -0.1) is 5.10 Å². The fourth-order valence-electron chi connectivity index (χ4n) is 7.44. The number of rotatable bonds is 18. The van der Waals surface area contributed by atoms with E-state index in [0.717, 1.165) is 45.9 Å². The van der Waals surface area contributed by atoms with Gasteiger partial charge >= 0.3 is 0 Å². The Bertz CT molecular complexity index is 2500. The SMILES string of the molecule is CS(=O)(=O)OCCOc1cn(C(c2ccccc2)(c2ccccc2)c2ccccc2)nn1.CS(=O)(=O)OCCOc1cnn(C(c2ccccc2)(c2ccccc2)c2ccccc2)n1. The fourth-order valence-corrected chi connectivity index (χ4v) is 8.18. The normalized spacial score (nSPS) is 11.9. The summed E-state index contributed by atoms with van der Waals surface area (Å²) in [6.07, 6.45) is 5.23. The van der Waals surface area contributed by atoms with Crippen molar-refractivity contribution in [3.8, 4) is 11.8 Å². The Labute approximate surface area is 372 Å². The fraction of sp³-hybridized carbons (Fsp3) is 0.167. The molecule has 14 nitrogen and oxygen atoms in total.